The molecule has 178 valence electrons. The van der Waals surface area contributed by atoms with E-state index in [0.29, 0.717) is 61.0 Å². The highest BCUT2D eigenvalue weighted by Crippen LogP contribution is 2.26. The van der Waals surface area contributed by atoms with Crippen LogP contribution < -0.4 is 15.4 Å². The van der Waals surface area contributed by atoms with Gasteiger partial charge < -0.3 is 19.5 Å². The third kappa shape index (κ3) is 6.95. The lowest BCUT2D eigenvalue weighted by molar-refractivity contribution is 0.0730. The summed E-state index contributed by atoms with van der Waals surface area (Å²) in [5.41, 5.74) is 0.932. The molecule has 0 radical (unpaired) electrons. The van der Waals surface area contributed by atoms with Crippen molar-refractivity contribution in [2.24, 2.45) is 0 Å². The summed E-state index contributed by atoms with van der Waals surface area (Å²) in [6.45, 7) is 2.26. The minimum Gasteiger partial charge on any atom is -0.490 e. The topological polar surface area (TPSA) is 106 Å². The molecule has 33 heavy (non-hydrogen) atoms. The summed E-state index contributed by atoms with van der Waals surface area (Å²) in [7, 11) is -1.99. The van der Waals surface area contributed by atoms with Gasteiger partial charge in [-0.05, 0) is 70.6 Å². The van der Waals surface area contributed by atoms with E-state index in [0.717, 1.165) is 0 Å². The first kappa shape index (κ1) is 25.5. The molecule has 1 saturated heterocycles. The van der Waals surface area contributed by atoms with Crippen LogP contribution >= 0.6 is 28.1 Å². The molecule has 2 aromatic rings. The number of sulfonamides is 1. The number of nitrogens with zero attached hydrogens (tertiary/aromatic N) is 1. The van der Waals surface area contributed by atoms with E-state index < -0.39 is 15.9 Å². The summed E-state index contributed by atoms with van der Waals surface area (Å²) in [4.78, 5) is 12.7. The largest absolute Gasteiger partial charge is 0.490 e. The third-order valence-electron chi connectivity index (χ3n) is 4.69. The number of hydrogen-bond donors (Lipinski definition) is 2. The molecule has 9 nitrogen and oxygen atoms in total. The standard InChI is InChI=1S/C21H24BrN3O6S2/c1-29-12-13-31-19-7-2-15(14-18(19)22)20(26)24-21(32)23-16-3-5-17(6-4-16)33(27,28)25-8-10-30-11-9-25/h2-7,14H,8-13H2,1H3,(H2,23,24,26,32). The number of rotatable bonds is 8. The van der Waals surface area contributed by atoms with Crippen molar-refractivity contribution in [2.75, 3.05) is 51.9 Å². The van der Waals surface area contributed by atoms with Gasteiger partial charge in [-0.1, -0.05) is 0 Å². The summed E-state index contributed by atoms with van der Waals surface area (Å²) in [6, 6.07) is 11.1. The molecule has 1 fully saturated rings. The molecule has 1 amide bonds. The fraction of sp³-hybridized carbons (Fsp3) is 0.333. The summed E-state index contributed by atoms with van der Waals surface area (Å²) in [5.74, 6) is 0.194. The van der Waals surface area contributed by atoms with Crippen LogP contribution in [0, 0.1) is 0 Å². The van der Waals surface area contributed by atoms with Gasteiger partial charge in [0.15, 0.2) is 5.11 Å². The zero-order valence-corrected chi connectivity index (χ0v) is 21.1. The molecule has 0 unspecified atom stereocenters. The molecule has 3 rings (SSSR count). The lowest BCUT2D eigenvalue weighted by atomic mass is 10.2. The number of hydrogen-bond acceptors (Lipinski definition) is 7. The van der Waals surface area contributed by atoms with Crippen molar-refractivity contribution in [3.8, 4) is 5.75 Å². The van der Waals surface area contributed by atoms with Crippen LogP contribution in [0.15, 0.2) is 51.8 Å². The van der Waals surface area contributed by atoms with E-state index in [2.05, 4.69) is 26.6 Å². The second kappa shape index (κ2) is 11.9. The van der Waals surface area contributed by atoms with Gasteiger partial charge >= 0.3 is 0 Å². The number of carbonyl (C=O) groups is 1. The lowest BCUT2D eigenvalue weighted by Gasteiger charge is -2.26. The highest BCUT2D eigenvalue weighted by atomic mass is 79.9. The van der Waals surface area contributed by atoms with Crippen molar-refractivity contribution < 1.29 is 27.4 Å². The molecular weight excluding hydrogens is 534 g/mol. The van der Waals surface area contributed by atoms with Gasteiger partial charge in [-0.2, -0.15) is 4.31 Å². The summed E-state index contributed by atoms with van der Waals surface area (Å²) >= 11 is 8.60. The van der Waals surface area contributed by atoms with E-state index in [1.807, 2.05) is 0 Å². The van der Waals surface area contributed by atoms with Crippen molar-refractivity contribution >= 4 is 54.9 Å². The molecule has 2 aromatic carbocycles. The van der Waals surface area contributed by atoms with Crippen LogP contribution in [-0.2, 0) is 19.5 Å². The molecule has 0 saturated carbocycles. The molecule has 0 aliphatic carbocycles. The van der Waals surface area contributed by atoms with Gasteiger partial charge in [-0.3, -0.25) is 10.1 Å². The van der Waals surface area contributed by atoms with Crippen molar-refractivity contribution in [1.82, 2.24) is 9.62 Å². The fourth-order valence-corrected chi connectivity index (χ4v) is 5.09. The van der Waals surface area contributed by atoms with Gasteiger partial charge in [-0.25, -0.2) is 8.42 Å². The van der Waals surface area contributed by atoms with Gasteiger partial charge in [0, 0.05) is 31.5 Å². The first-order chi connectivity index (χ1) is 15.8. The number of anilines is 1. The summed E-state index contributed by atoms with van der Waals surface area (Å²) in [6.07, 6.45) is 0. The third-order valence-corrected chi connectivity index (χ3v) is 7.42. The molecule has 0 atom stereocenters. The van der Waals surface area contributed by atoms with Crippen LogP contribution in [0.1, 0.15) is 10.4 Å². The number of morpholine rings is 1. The smallest absolute Gasteiger partial charge is 0.257 e. The number of halogens is 1. The van der Waals surface area contributed by atoms with Gasteiger partial charge in [0.25, 0.3) is 5.91 Å². The first-order valence-electron chi connectivity index (χ1n) is 10.0. The second-order valence-corrected chi connectivity index (χ2v) is 10.1. The Morgan fingerprint density at radius 2 is 1.85 bits per heavy atom. The Balaban J connectivity index is 1.57. The van der Waals surface area contributed by atoms with Gasteiger partial charge in [0.2, 0.25) is 10.0 Å². The van der Waals surface area contributed by atoms with Crippen LogP contribution in [0.5, 0.6) is 5.75 Å². The van der Waals surface area contributed by atoms with Crippen molar-refractivity contribution in [3.63, 3.8) is 0 Å². The van der Waals surface area contributed by atoms with Gasteiger partial charge in [0.1, 0.15) is 12.4 Å². The SMILES string of the molecule is COCCOc1ccc(C(=O)NC(=S)Nc2ccc(S(=O)(=O)N3CCOCC3)cc2)cc1Br. The van der Waals surface area contributed by atoms with E-state index >= 15 is 0 Å². The Labute approximate surface area is 206 Å². The van der Waals surface area contributed by atoms with Gasteiger partial charge in [0.05, 0.1) is 29.2 Å². The molecule has 0 aromatic heterocycles. The van der Waals surface area contributed by atoms with Crippen LogP contribution in [0.2, 0.25) is 0 Å². The molecule has 1 heterocycles. The second-order valence-electron chi connectivity index (χ2n) is 6.94. The summed E-state index contributed by atoms with van der Waals surface area (Å²) in [5, 5.41) is 5.57. The lowest BCUT2D eigenvalue weighted by Crippen LogP contribution is -2.40. The predicted octanol–water partition coefficient (Wildman–Crippen LogP) is 2.62. The monoisotopic (exact) mass is 557 g/mol. The first-order valence-corrected chi connectivity index (χ1v) is 12.7. The maximum atomic E-state index is 12.7. The molecule has 0 bridgehead atoms. The summed E-state index contributed by atoms with van der Waals surface area (Å²) < 4.78 is 43.1. The fourth-order valence-electron chi connectivity index (χ4n) is 2.98. The number of carbonyl (C=O) groups excluding carboxylic acids is 1. The van der Waals surface area contributed by atoms with Crippen LogP contribution in [-0.4, -0.2) is 70.4 Å². The van der Waals surface area contributed by atoms with Crippen molar-refractivity contribution in [1.29, 1.82) is 0 Å². The normalized spacial score (nSPS) is 14.5. The molecule has 12 heteroatoms. The van der Waals surface area contributed by atoms with Crippen LogP contribution in [0.25, 0.3) is 0 Å². The predicted molar refractivity (Wildman–Crippen MR) is 131 cm³/mol. The number of benzene rings is 2. The highest BCUT2D eigenvalue weighted by molar-refractivity contribution is 9.10. The molecule has 1 aliphatic heterocycles. The zero-order valence-electron chi connectivity index (χ0n) is 17.9. The zero-order chi connectivity index (χ0) is 23.8. The van der Waals surface area contributed by atoms with E-state index in [-0.39, 0.29) is 10.0 Å². The molecule has 1 aliphatic rings. The molecular formula is C21H24BrN3O6S2. The quantitative estimate of drug-likeness (QED) is 0.377. The van der Waals surface area contributed by atoms with E-state index in [1.54, 1.807) is 37.4 Å². The Morgan fingerprint density at radius 3 is 2.48 bits per heavy atom. The van der Waals surface area contributed by atoms with Gasteiger partial charge in [-0.15, -0.1) is 0 Å². The number of nitrogens with one attached hydrogen (secondary N) is 2. The molecule has 2 N–H and O–H groups in total. The maximum Gasteiger partial charge on any atom is 0.257 e. The highest BCUT2D eigenvalue weighted by Gasteiger charge is 2.26. The minimum atomic E-state index is -3.58. The minimum absolute atomic E-state index is 0.0836. The van der Waals surface area contributed by atoms with E-state index in [9.17, 15) is 13.2 Å². The van der Waals surface area contributed by atoms with Crippen molar-refractivity contribution in [2.45, 2.75) is 4.90 Å². The number of methoxy groups -OCH3 is 1. The average Bonchev–Trinajstić information content (AvgIpc) is 2.81. The number of ether oxygens (including phenoxy) is 3. The van der Waals surface area contributed by atoms with Crippen LogP contribution in [0.4, 0.5) is 5.69 Å². The van der Waals surface area contributed by atoms with E-state index in [1.165, 1.54) is 16.4 Å². The molecule has 0 spiro atoms. The number of thiocarbonyl (C=S) groups is 1. The Bertz CT molecular complexity index is 1090. The Kier molecular flexibility index (Phi) is 9.18. The number of amides is 1. The van der Waals surface area contributed by atoms with E-state index in [4.69, 9.17) is 26.4 Å². The Hall–Kier alpha value is -2.09. The Morgan fingerprint density at radius 1 is 1.15 bits per heavy atom. The van der Waals surface area contributed by atoms with Crippen LogP contribution in [0.3, 0.4) is 0 Å². The average molecular weight is 558 g/mol. The maximum absolute atomic E-state index is 12.7. The van der Waals surface area contributed by atoms with Crippen molar-refractivity contribution in [3.05, 3.63) is 52.5 Å².